The van der Waals surface area contributed by atoms with E-state index in [9.17, 15) is 0 Å². The summed E-state index contributed by atoms with van der Waals surface area (Å²) in [7, 11) is 0. The lowest BCUT2D eigenvalue weighted by Gasteiger charge is -2.23. The highest BCUT2D eigenvalue weighted by Gasteiger charge is 2.15. The van der Waals surface area contributed by atoms with Gasteiger partial charge in [0.15, 0.2) is 0 Å². The zero-order valence-corrected chi connectivity index (χ0v) is 15.3. The van der Waals surface area contributed by atoms with Crippen LogP contribution in [0.1, 0.15) is 41.6 Å². The van der Waals surface area contributed by atoms with Crippen LogP contribution in [0.4, 0.5) is 0 Å². The highest BCUT2D eigenvalue weighted by molar-refractivity contribution is 14.1. The Labute approximate surface area is 142 Å². The molecule has 2 aromatic rings. The molecular formula is C19H24IN. The maximum absolute atomic E-state index is 3.73. The molecule has 1 nitrogen and oxygen atoms in total. The predicted molar refractivity (Wildman–Crippen MR) is 99.8 cm³/mol. The molecule has 0 aliphatic rings. The van der Waals surface area contributed by atoms with Crippen molar-refractivity contribution in [1.29, 1.82) is 0 Å². The van der Waals surface area contributed by atoms with E-state index in [4.69, 9.17) is 0 Å². The van der Waals surface area contributed by atoms with Crippen LogP contribution >= 0.6 is 22.6 Å². The van der Waals surface area contributed by atoms with Gasteiger partial charge >= 0.3 is 0 Å². The molecule has 1 atom stereocenters. The Morgan fingerprint density at radius 1 is 1.00 bits per heavy atom. The van der Waals surface area contributed by atoms with Gasteiger partial charge in [0.25, 0.3) is 0 Å². The van der Waals surface area contributed by atoms with E-state index in [1.807, 2.05) is 0 Å². The summed E-state index contributed by atoms with van der Waals surface area (Å²) < 4.78 is 1.29. The van der Waals surface area contributed by atoms with Gasteiger partial charge < -0.3 is 5.32 Å². The fourth-order valence-electron chi connectivity index (χ4n) is 2.83. The highest BCUT2D eigenvalue weighted by atomic mass is 127. The lowest BCUT2D eigenvalue weighted by Crippen LogP contribution is -2.25. The van der Waals surface area contributed by atoms with Crippen molar-refractivity contribution < 1.29 is 0 Å². The van der Waals surface area contributed by atoms with Gasteiger partial charge in [-0.15, -0.1) is 0 Å². The van der Waals surface area contributed by atoms with Crippen molar-refractivity contribution in [3.63, 3.8) is 0 Å². The summed E-state index contributed by atoms with van der Waals surface area (Å²) in [5, 5.41) is 3.73. The molecule has 0 radical (unpaired) electrons. The average molecular weight is 393 g/mol. The molecule has 0 spiro atoms. The van der Waals surface area contributed by atoms with Gasteiger partial charge in [0, 0.05) is 9.61 Å². The monoisotopic (exact) mass is 393 g/mol. The molecule has 1 N–H and O–H groups in total. The Morgan fingerprint density at radius 2 is 1.62 bits per heavy atom. The summed E-state index contributed by atoms with van der Waals surface area (Å²) in [6.45, 7) is 7.72. The van der Waals surface area contributed by atoms with E-state index in [1.54, 1.807) is 0 Å². The smallest absolute Gasteiger partial charge is 0.0366 e. The summed E-state index contributed by atoms with van der Waals surface area (Å²) in [5.74, 6) is 0. The minimum atomic E-state index is 0.395. The standard InChI is InChI=1S/C19H24IN/c1-4-12-21-18(13-16-8-10-17(20)11-9-16)19-14(2)6-5-7-15(19)3/h5-11,18,21H,4,12-13H2,1-3H3. The van der Waals surface area contributed by atoms with E-state index in [0.717, 1.165) is 19.4 Å². The molecule has 1 unspecified atom stereocenters. The van der Waals surface area contributed by atoms with Crippen molar-refractivity contribution in [3.05, 3.63) is 68.3 Å². The quantitative estimate of drug-likeness (QED) is 0.666. The van der Waals surface area contributed by atoms with Crippen LogP contribution in [0.5, 0.6) is 0 Å². The second kappa shape index (κ2) is 7.95. The zero-order valence-electron chi connectivity index (χ0n) is 13.1. The van der Waals surface area contributed by atoms with Gasteiger partial charge in [0.2, 0.25) is 0 Å². The fourth-order valence-corrected chi connectivity index (χ4v) is 3.19. The van der Waals surface area contributed by atoms with Gasteiger partial charge in [0.1, 0.15) is 0 Å². The normalized spacial score (nSPS) is 12.4. The minimum Gasteiger partial charge on any atom is -0.310 e. The zero-order chi connectivity index (χ0) is 15.2. The SMILES string of the molecule is CCCNC(Cc1ccc(I)cc1)c1c(C)cccc1C. The third kappa shape index (κ3) is 4.55. The molecule has 2 rings (SSSR count). The Balaban J connectivity index is 2.27. The molecule has 0 heterocycles. The highest BCUT2D eigenvalue weighted by Crippen LogP contribution is 2.25. The molecule has 112 valence electrons. The van der Waals surface area contributed by atoms with Crippen LogP contribution in [0.3, 0.4) is 0 Å². The second-order valence-corrected chi connectivity index (χ2v) is 6.89. The lowest BCUT2D eigenvalue weighted by atomic mass is 9.91. The summed E-state index contributed by atoms with van der Waals surface area (Å²) >= 11 is 2.36. The lowest BCUT2D eigenvalue weighted by molar-refractivity contribution is 0.525. The third-order valence-corrected chi connectivity index (χ3v) is 4.60. The molecular weight excluding hydrogens is 369 g/mol. The van der Waals surface area contributed by atoms with E-state index >= 15 is 0 Å². The molecule has 0 saturated heterocycles. The van der Waals surface area contributed by atoms with Crippen molar-refractivity contribution in [2.24, 2.45) is 0 Å². The topological polar surface area (TPSA) is 12.0 Å². The van der Waals surface area contributed by atoms with Crippen molar-refractivity contribution in [2.75, 3.05) is 6.54 Å². The summed E-state index contributed by atoms with van der Waals surface area (Å²) in [6, 6.07) is 15.9. The van der Waals surface area contributed by atoms with Crippen LogP contribution < -0.4 is 5.32 Å². The van der Waals surface area contributed by atoms with Crippen molar-refractivity contribution in [3.8, 4) is 0 Å². The molecule has 0 aliphatic carbocycles. The largest absolute Gasteiger partial charge is 0.310 e. The van der Waals surface area contributed by atoms with Crippen molar-refractivity contribution in [2.45, 2.75) is 39.7 Å². The second-order valence-electron chi connectivity index (χ2n) is 5.64. The summed E-state index contributed by atoms with van der Waals surface area (Å²) in [4.78, 5) is 0. The molecule has 0 aromatic heterocycles. The third-order valence-electron chi connectivity index (χ3n) is 3.88. The maximum atomic E-state index is 3.73. The molecule has 21 heavy (non-hydrogen) atoms. The molecule has 0 saturated carbocycles. The predicted octanol–water partition coefficient (Wildman–Crippen LogP) is 5.19. The van der Waals surface area contributed by atoms with Gasteiger partial charge in [-0.1, -0.05) is 37.3 Å². The Bertz CT molecular complexity index is 554. The fraction of sp³-hybridized carbons (Fsp3) is 0.368. The number of benzene rings is 2. The minimum absolute atomic E-state index is 0.395. The van der Waals surface area contributed by atoms with Gasteiger partial charge in [-0.25, -0.2) is 0 Å². The van der Waals surface area contributed by atoms with E-state index < -0.39 is 0 Å². The van der Waals surface area contributed by atoms with Gasteiger partial charge in [-0.2, -0.15) is 0 Å². The average Bonchev–Trinajstić information content (AvgIpc) is 2.46. The molecule has 0 fully saturated rings. The molecule has 2 aromatic carbocycles. The molecule has 2 heteroatoms. The van der Waals surface area contributed by atoms with Crippen LogP contribution in [0.25, 0.3) is 0 Å². The van der Waals surface area contributed by atoms with E-state index in [-0.39, 0.29) is 0 Å². The van der Waals surface area contributed by atoms with E-state index in [2.05, 4.69) is 91.1 Å². The summed E-state index contributed by atoms with van der Waals surface area (Å²) in [6.07, 6.45) is 2.21. The van der Waals surface area contributed by atoms with Crippen LogP contribution in [-0.2, 0) is 6.42 Å². The van der Waals surface area contributed by atoms with Crippen molar-refractivity contribution in [1.82, 2.24) is 5.32 Å². The van der Waals surface area contributed by atoms with Crippen LogP contribution in [0, 0.1) is 17.4 Å². The first-order valence-corrected chi connectivity index (χ1v) is 8.73. The maximum Gasteiger partial charge on any atom is 0.0366 e. The number of halogens is 1. The van der Waals surface area contributed by atoms with Crippen LogP contribution in [0.2, 0.25) is 0 Å². The van der Waals surface area contributed by atoms with E-state index in [1.165, 1.54) is 25.8 Å². The summed E-state index contributed by atoms with van der Waals surface area (Å²) in [5.41, 5.74) is 5.62. The molecule has 0 bridgehead atoms. The number of nitrogens with one attached hydrogen (secondary N) is 1. The first-order valence-electron chi connectivity index (χ1n) is 7.65. The van der Waals surface area contributed by atoms with Crippen LogP contribution in [-0.4, -0.2) is 6.54 Å². The Kier molecular flexibility index (Phi) is 6.24. The van der Waals surface area contributed by atoms with E-state index in [0.29, 0.717) is 6.04 Å². The first-order chi connectivity index (χ1) is 10.1. The van der Waals surface area contributed by atoms with Gasteiger partial charge in [-0.3, -0.25) is 0 Å². The van der Waals surface area contributed by atoms with Crippen LogP contribution in [0.15, 0.2) is 42.5 Å². The molecule has 0 amide bonds. The Morgan fingerprint density at radius 3 is 2.19 bits per heavy atom. The first kappa shape index (κ1) is 16.5. The van der Waals surface area contributed by atoms with Gasteiger partial charge in [-0.05, 0) is 90.2 Å². The van der Waals surface area contributed by atoms with Gasteiger partial charge in [0.05, 0.1) is 0 Å². The number of rotatable bonds is 6. The molecule has 0 aliphatic heterocycles. The number of hydrogen-bond donors (Lipinski definition) is 1. The van der Waals surface area contributed by atoms with Crippen molar-refractivity contribution >= 4 is 22.6 Å². The number of aryl methyl sites for hydroxylation is 2. The number of hydrogen-bond acceptors (Lipinski definition) is 1. The Hall–Kier alpha value is -0.870.